The van der Waals surface area contributed by atoms with Gasteiger partial charge in [-0.2, -0.15) is 0 Å². The largest absolute Gasteiger partial charge is 0.458 e. The van der Waals surface area contributed by atoms with Crippen molar-refractivity contribution in [3.05, 3.63) is 126 Å². The molecule has 4 heterocycles. The van der Waals surface area contributed by atoms with Crippen molar-refractivity contribution >= 4 is 44.9 Å². The van der Waals surface area contributed by atoms with Crippen LogP contribution in [-0.2, 0) is 25.7 Å². The molecule has 4 aliphatic rings. The van der Waals surface area contributed by atoms with Gasteiger partial charge in [0.05, 0.1) is 16.7 Å². The molecule has 0 unspecified atom stereocenters. The summed E-state index contributed by atoms with van der Waals surface area (Å²) >= 11 is 0. The van der Waals surface area contributed by atoms with Gasteiger partial charge in [-0.25, -0.2) is 0 Å². The van der Waals surface area contributed by atoms with Crippen molar-refractivity contribution in [1.82, 2.24) is 9.13 Å². The highest BCUT2D eigenvalue weighted by Crippen LogP contribution is 2.43. The summed E-state index contributed by atoms with van der Waals surface area (Å²) in [7, 11) is 0. The predicted octanol–water partition coefficient (Wildman–Crippen LogP) is 7.28. The molecule has 0 fully saturated rings. The third-order valence-electron chi connectivity index (χ3n) is 10.7. The first kappa shape index (κ1) is 24.2. The number of fused-ring (bicyclic) bond motifs is 10. The lowest BCUT2D eigenvalue weighted by atomic mass is 9.35. The molecule has 11 rings (SSSR count). The number of para-hydroxylation sites is 3. The maximum Gasteiger partial charge on any atom is 0.260 e. The van der Waals surface area contributed by atoms with Crippen molar-refractivity contribution in [3.8, 4) is 34.4 Å². The van der Waals surface area contributed by atoms with Crippen molar-refractivity contribution in [1.29, 1.82) is 0 Å². The minimum absolute atomic E-state index is 0.00773. The van der Waals surface area contributed by atoms with Crippen LogP contribution in [0.5, 0.6) is 23.0 Å². The molecule has 214 valence electrons. The second-order valence-electron chi connectivity index (χ2n) is 13.0. The van der Waals surface area contributed by atoms with Gasteiger partial charge in [0.1, 0.15) is 23.0 Å². The molecule has 7 aromatic rings. The van der Waals surface area contributed by atoms with Crippen LogP contribution in [0.25, 0.3) is 33.2 Å². The molecule has 0 radical (unpaired) electrons. The van der Waals surface area contributed by atoms with Gasteiger partial charge >= 0.3 is 0 Å². The van der Waals surface area contributed by atoms with Crippen molar-refractivity contribution in [2.75, 3.05) is 0 Å². The van der Waals surface area contributed by atoms with Crippen LogP contribution >= 0.6 is 0 Å². The molecule has 0 amide bonds. The molecule has 0 bridgehead atoms. The molecule has 5 aromatic carbocycles. The van der Waals surface area contributed by atoms with E-state index in [0.29, 0.717) is 0 Å². The second kappa shape index (κ2) is 8.73. The van der Waals surface area contributed by atoms with E-state index >= 15 is 0 Å². The minimum Gasteiger partial charge on any atom is -0.458 e. The number of ether oxygens (including phenoxy) is 2. The molecule has 4 nitrogen and oxygen atoms in total. The second-order valence-corrected chi connectivity index (χ2v) is 13.0. The van der Waals surface area contributed by atoms with Gasteiger partial charge in [-0.1, -0.05) is 60.7 Å². The topological polar surface area (TPSA) is 28.3 Å². The van der Waals surface area contributed by atoms with Crippen molar-refractivity contribution < 1.29 is 9.47 Å². The average Bonchev–Trinajstić information content (AvgIpc) is 3.86. The van der Waals surface area contributed by atoms with Crippen molar-refractivity contribution in [2.24, 2.45) is 0 Å². The molecule has 5 heteroatoms. The molecule has 0 saturated heterocycles. The van der Waals surface area contributed by atoms with Gasteiger partial charge in [0.15, 0.2) is 0 Å². The number of nitrogens with zero attached hydrogens (tertiary/aromatic N) is 2. The normalized spacial score (nSPS) is 15.3. The van der Waals surface area contributed by atoms with E-state index < -0.39 is 0 Å². The molecular weight excluding hydrogens is 551 g/mol. The maximum absolute atomic E-state index is 7.05. The molecular formula is C40H29BN2O2. The zero-order chi connectivity index (χ0) is 29.2. The highest BCUT2D eigenvalue weighted by Gasteiger charge is 2.42. The van der Waals surface area contributed by atoms with E-state index in [2.05, 4.69) is 112 Å². The first-order valence-electron chi connectivity index (χ1n) is 16.3. The summed E-state index contributed by atoms with van der Waals surface area (Å²) in [6, 6.07) is 37.5. The Hall–Kier alpha value is -5.16. The molecule has 0 N–H and O–H groups in total. The fourth-order valence-electron chi connectivity index (χ4n) is 8.98. The summed E-state index contributed by atoms with van der Waals surface area (Å²) in [6.07, 6.45) is 6.84. The van der Waals surface area contributed by atoms with Gasteiger partial charge in [0, 0.05) is 33.3 Å². The molecule has 2 aromatic heterocycles. The third-order valence-corrected chi connectivity index (χ3v) is 10.7. The van der Waals surface area contributed by atoms with Crippen LogP contribution < -0.4 is 25.9 Å². The number of aryl methyl sites for hydroxylation is 2. The van der Waals surface area contributed by atoms with E-state index in [-0.39, 0.29) is 6.71 Å². The fourth-order valence-corrected chi connectivity index (χ4v) is 8.98. The van der Waals surface area contributed by atoms with Crippen LogP contribution in [0, 0.1) is 0 Å². The Morgan fingerprint density at radius 3 is 1.93 bits per heavy atom. The Balaban J connectivity index is 1.29. The lowest BCUT2D eigenvalue weighted by Gasteiger charge is -2.34. The molecule has 0 atom stereocenters. The van der Waals surface area contributed by atoms with Gasteiger partial charge in [0.2, 0.25) is 0 Å². The van der Waals surface area contributed by atoms with Crippen LogP contribution in [0.15, 0.2) is 103 Å². The number of aromatic nitrogens is 2. The van der Waals surface area contributed by atoms with E-state index in [1.165, 1.54) is 73.8 Å². The minimum atomic E-state index is 0.00773. The highest BCUT2D eigenvalue weighted by atomic mass is 16.5. The summed E-state index contributed by atoms with van der Waals surface area (Å²) in [5, 5.41) is 2.75. The smallest absolute Gasteiger partial charge is 0.260 e. The van der Waals surface area contributed by atoms with Gasteiger partial charge < -0.3 is 18.6 Å². The van der Waals surface area contributed by atoms with E-state index in [0.717, 1.165) is 59.8 Å². The Kier molecular flexibility index (Phi) is 4.69. The SMILES string of the molecule is c1ccc2c(c1)Oc1cccc3c1B2c1cc(-n2c4c(c5ccccc52)CCC4)cc(-n2c4c(c5ccccc52)CCC4)c1O3. The van der Waals surface area contributed by atoms with E-state index in [1.54, 1.807) is 0 Å². The van der Waals surface area contributed by atoms with Gasteiger partial charge in [-0.15, -0.1) is 0 Å². The number of benzene rings is 5. The Morgan fingerprint density at radius 1 is 0.533 bits per heavy atom. The Bertz CT molecular complexity index is 2410. The van der Waals surface area contributed by atoms with Crippen LogP contribution in [0.4, 0.5) is 0 Å². The molecule has 45 heavy (non-hydrogen) atoms. The van der Waals surface area contributed by atoms with E-state index in [1.807, 2.05) is 0 Å². The molecule has 2 aliphatic heterocycles. The average molecular weight is 580 g/mol. The summed E-state index contributed by atoms with van der Waals surface area (Å²) in [5.41, 5.74) is 14.3. The van der Waals surface area contributed by atoms with Gasteiger partial charge in [0.25, 0.3) is 6.71 Å². The van der Waals surface area contributed by atoms with Crippen molar-refractivity contribution in [3.63, 3.8) is 0 Å². The number of rotatable bonds is 2. The van der Waals surface area contributed by atoms with Crippen LogP contribution in [-0.4, -0.2) is 15.8 Å². The van der Waals surface area contributed by atoms with Crippen molar-refractivity contribution in [2.45, 2.75) is 38.5 Å². The van der Waals surface area contributed by atoms with Crippen LogP contribution in [0.2, 0.25) is 0 Å². The summed E-state index contributed by atoms with van der Waals surface area (Å²) < 4.78 is 18.6. The highest BCUT2D eigenvalue weighted by molar-refractivity contribution is 6.98. The first-order chi connectivity index (χ1) is 22.3. The van der Waals surface area contributed by atoms with Gasteiger partial charge in [-0.3, -0.25) is 0 Å². The zero-order valence-electron chi connectivity index (χ0n) is 24.8. The fraction of sp³-hybridized carbons (Fsp3) is 0.150. The predicted molar refractivity (Wildman–Crippen MR) is 182 cm³/mol. The van der Waals surface area contributed by atoms with Gasteiger partial charge in [-0.05, 0) is 103 Å². The lowest BCUT2D eigenvalue weighted by Crippen LogP contribution is -2.57. The molecule has 2 aliphatic carbocycles. The first-order valence-corrected chi connectivity index (χ1v) is 16.3. The summed E-state index contributed by atoms with van der Waals surface area (Å²) in [5.74, 6) is 3.64. The quantitative estimate of drug-likeness (QED) is 0.201. The Morgan fingerprint density at radius 2 is 1.16 bits per heavy atom. The van der Waals surface area contributed by atoms with E-state index in [9.17, 15) is 0 Å². The number of hydrogen-bond acceptors (Lipinski definition) is 2. The summed E-state index contributed by atoms with van der Waals surface area (Å²) in [4.78, 5) is 0. The molecule has 0 spiro atoms. The third kappa shape index (κ3) is 3.13. The Labute approximate surface area is 261 Å². The maximum atomic E-state index is 7.05. The van der Waals surface area contributed by atoms with Crippen LogP contribution in [0.3, 0.4) is 0 Å². The zero-order valence-corrected chi connectivity index (χ0v) is 24.8. The summed E-state index contributed by atoms with van der Waals surface area (Å²) in [6.45, 7) is 0.00773. The molecule has 0 saturated carbocycles. The van der Waals surface area contributed by atoms with E-state index in [4.69, 9.17) is 9.47 Å². The standard InChI is InChI=1S/C40H29BN2O2/c1-4-15-31-25(10-1)27-12-7-17-32(27)42(31)24-22-30-40(35(23-24)43-33-16-5-2-11-26(33)28-13-8-18-34(28)43)45-38-21-9-20-37-39(38)41(30)29-14-3-6-19-36(29)44-37/h1-6,9-11,14-16,19-23H,7-8,12-13,17-18H2. The number of hydrogen-bond donors (Lipinski definition) is 0. The van der Waals surface area contributed by atoms with Crippen LogP contribution in [0.1, 0.15) is 35.4 Å². The lowest BCUT2D eigenvalue weighted by molar-refractivity contribution is 0.463. The monoisotopic (exact) mass is 580 g/mol.